The van der Waals surface area contributed by atoms with Crippen molar-refractivity contribution in [3.05, 3.63) is 21.3 Å². The van der Waals surface area contributed by atoms with Gasteiger partial charge in [0, 0.05) is 5.56 Å². The Morgan fingerprint density at radius 3 is 2.26 bits per heavy atom. The van der Waals surface area contributed by atoms with Gasteiger partial charge in [-0.05, 0) is 60.9 Å². The van der Waals surface area contributed by atoms with E-state index in [1.807, 2.05) is 26.0 Å². The van der Waals surface area contributed by atoms with Gasteiger partial charge >= 0.3 is 7.60 Å². The zero-order valence-electron chi connectivity index (χ0n) is 17.3. The minimum Gasteiger partial charge on any atom is -0.496 e. The van der Waals surface area contributed by atoms with Gasteiger partial charge in [0.15, 0.2) is 0 Å². The van der Waals surface area contributed by atoms with E-state index in [0.717, 1.165) is 21.3 Å². The second-order valence-electron chi connectivity index (χ2n) is 6.43. The highest BCUT2D eigenvalue weighted by Crippen LogP contribution is 2.53. The molecule has 1 unspecified atom stereocenters. The van der Waals surface area contributed by atoms with E-state index in [1.165, 1.54) is 19.3 Å². The fraction of sp³-hybridized carbons (Fsp3) is 0.700. The lowest BCUT2D eigenvalue weighted by molar-refractivity contribution is 0.218. The van der Waals surface area contributed by atoms with Gasteiger partial charge in [-0.2, -0.15) is 0 Å². The molecule has 0 aromatic heterocycles. The normalized spacial score (nSPS) is 12.8. The molecule has 0 heterocycles. The van der Waals surface area contributed by atoms with Gasteiger partial charge in [0.25, 0.3) is 0 Å². The van der Waals surface area contributed by atoms with E-state index >= 15 is 0 Å². The van der Waals surface area contributed by atoms with Crippen LogP contribution in [0, 0.1) is 9.49 Å². The number of rotatable bonds is 14. The lowest BCUT2D eigenvalue weighted by Gasteiger charge is -2.20. The molecule has 156 valence electrons. The van der Waals surface area contributed by atoms with Crippen LogP contribution in [0.1, 0.15) is 58.9 Å². The van der Waals surface area contributed by atoms with Crippen LogP contribution >= 0.6 is 30.2 Å². The van der Waals surface area contributed by atoms with Crippen molar-refractivity contribution in [2.45, 2.75) is 59.5 Å². The maximum Gasteiger partial charge on any atom is 0.335 e. The number of methoxy groups -OCH3 is 1. The van der Waals surface area contributed by atoms with E-state index in [0.29, 0.717) is 31.5 Å². The van der Waals surface area contributed by atoms with Crippen LogP contribution in [0.25, 0.3) is 0 Å². The van der Waals surface area contributed by atoms with Gasteiger partial charge in [-0.15, -0.1) is 0 Å². The predicted octanol–water partition coefficient (Wildman–Crippen LogP) is 6.66. The van der Waals surface area contributed by atoms with Crippen molar-refractivity contribution in [3.63, 3.8) is 0 Å². The fourth-order valence-electron chi connectivity index (χ4n) is 2.84. The van der Waals surface area contributed by atoms with Crippen LogP contribution in [-0.4, -0.2) is 26.9 Å². The Balaban J connectivity index is 3.01. The van der Waals surface area contributed by atoms with Crippen molar-refractivity contribution >= 4 is 30.2 Å². The van der Waals surface area contributed by atoms with Gasteiger partial charge in [-0.3, -0.25) is 4.57 Å². The van der Waals surface area contributed by atoms with Gasteiger partial charge in [-0.25, -0.2) is 0 Å². The lowest BCUT2D eigenvalue weighted by atomic mass is 10.0. The van der Waals surface area contributed by atoms with Crippen LogP contribution in [0.2, 0.25) is 0 Å². The number of benzene rings is 1. The Hall–Kier alpha value is -0.300. The highest BCUT2D eigenvalue weighted by Gasteiger charge is 2.27. The molecule has 0 spiro atoms. The molecule has 0 saturated heterocycles. The van der Waals surface area contributed by atoms with Gasteiger partial charge in [0.1, 0.15) is 11.5 Å². The van der Waals surface area contributed by atoms with E-state index in [-0.39, 0.29) is 6.16 Å². The summed E-state index contributed by atoms with van der Waals surface area (Å²) in [5.74, 6) is 2.01. The average molecular weight is 512 g/mol. The van der Waals surface area contributed by atoms with Crippen molar-refractivity contribution in [3.8, 4) is 11.5 Å². The maximum atomic E-state index is 12.9. The SMILES string of the molecule is CCCCC(CC)COc1cc(CP(=O)(OCC)OCC)c(OC)cc1I. The van der Waals surface area contributed by atoms with Crippen LogP contribution in [-0.2, 0) is 19.8 Å². The third kappa shape index (κ3) is 8.30. The summed E-state index contributed by atoms with van der Waals surface area (Å²) in [5.41, 5.74) is 0.778. The first-order chi connectivity index (χ1) is 12.9. The second kappa shape index (κ2) is 13.0. The highest BCUT2D eigenvalue weighted by atomic mass is 127. The molecule has 0 aliphatic rings. The van der Waals surface area contributed by atoms with Crippen molar-refractivity contribution in [2.24, 2.45) is 5.92 Å². The first-order valence-corrected chi connectivity index (χ1v) is 12.6. The quantitative estimate of drug-likeness (QED) is 0.206. The summed E-state index contributed by atoms with van der Waals surface area (Å²) in [6.07, 6.45) is 4.86. The van der Waals surface area contributed by atoms with Crippen molar-refractivity contribution in [1.82, 2.24) is 0 Å². The second-order valence-corrected chi connectivity index (χ2v) is 9.64. The van der Waals surface area contributed by atoms with Crippen LogP contribution < -0.4 is 9.47 Å². The van der Waals surface area contributed by atoms with E-state index in [9.17, 15) is 4.57 Å². The molecule has 1 aromatic carbocycles. The molecule has 1 rings (SSSR count). The van der Waals surface area contributed by atoms with Crippen molar-refractivity contribution in [1.29, 1.82) is 0 Å². The van der Waals surface area contributed by atoms with E-state index < -0.39 is 7.60 Å². The molecular weight excluding hydrogens is 478 g/mol. The molecule has 0 bridgehead atoms. The average Bonchev–Trinajstić information content (AvgIpc) is 2.64. The van der Waals surface area contributed by atoms with Gasteiger partial charge in [0.2, 0.25) is 0 Å². The monoisotopic (exact) mass is 512 g/mol. The zero-order chi connectivity index (χ0) is 20.3. The Kier molecular flexibility index (Phi) is 11.9. The summed E-state index contributed by atoms with van der Waals surface area (Å²) in [4.78, 5) is 0. The van der Waals surface area contributed by atoms with E-state index in [2.05, 4.69) is 36.4 Å². The minimum atomic E-state index is -3.21. The van der Waals surface area contributed by atoms with E-state index in [1.54, 1.807) is 7.11 Å². The van der Waals surface area contributed by atoms with Crippen LogP contribution in [0.5, 0.6) is 11.5 Å². The van der Waals surface area contributed by atoms with Gasteiger partial charge < -0.3 is 18.5 Å². The maximum absolute atomic E-state index is 12.9. The standard InChI is InChI=1S/C20H34IO5P/c1-6-10-11-16(7-2)14-24-20-12-17(19(23-5)13-18(20)21)15-27(22,25-8-3)26-9-4/h12-13,16H,6-11,14-15H2,1-5H3. The van der Waals surface area contributed by atoms with Crippen LogP contribution in [0.3, 0.4) is 0 Å². The van der Waals surface area contributed by atoms with Crippen molar-refractivity contribution in [2.75, 3.05) is 26.9 Å². The predicted molar refractivity (Wildman–Crippen MR) is 119 cm³/mol. The Bertz CT molecular complexity index is 598. The van der Waals surface area contributed by atoms with Gasteiger partial charge in [-0.1, -0.05) is 33.1 Å². The fourth-order valence-corrected chi connectivity index (χ4v) is 5.14. The molecule has 7 heteroatoms. The molecular formula is C20H34IO5P. The molecule has 1 atom stereocenters. The Morgan fingerprint density at radius 1 is 1.07 bits per heavy atom. The Labute approximate surface area is 178 Å². The van der Waals surface area contributed by atoms with Crippen LogP contribution in [0.15, 0.2) is 12.1 Å². The molecule has 5 nitrogen and oxygen atoms in total. The summed E-state index contributed by atoms with van der Waals surface area (Å²) in [5, 5.41) is 0. The number of hydrogen-bond acceptors (Lipinski definition) is 5. The summed E-state index contributed by atoms with van der Waals surface area (Å²) < 4.78 is 36.4. The largest absolute Gasteiger partial charge is 0.496 e. The number of ether oxygens (including phenoxy) is 2. The van der Waals surface area contributed by atoms with E-state index in [4.69, 9.17) is 18.5 Å². The molecule has 27 heavy (non-hydrogen) atoms. The summed E-state index contributed by atoms with van der Waals surface area (Å²) in [7, 11) is -1.60. The summed E-state index contributed by atoms with van der Waals surface area (Å²) >= 11 is 2.25. The molecule has 0 fully saturated rings. The number of unbranched alkanes of at least 4 members (excludes halogenated alkanes) is 1. The molecule has 0 aliphatic carbocycles. The molecule has 0 saturated carbocycles. The van der Waals surface area contributed by atoms with Crippen molar-refractivity contribution < 1.29 is 23.1 Å². The summed E-state index contributed by atoms with van der Waals surface area (Å²) in [6.45, 7) is 9.40. The number of hydrogen-bond donors (Lipinski definition) is 0. The third-order valence-corrected chi connectivity index (χ3v) is 7.24. The first kappa shape index (κ1) is 24.7. The zero-order valence-corrected chi connectivity index (χ0v) is 20.3. The molecule has 0 radical (unpaired) electrons. The Morgan fingerprint density at radius 2 is 1.74 bits per heavy atom. The van der Waals surface area contributed by atoms with Gasteiger partial charge in [0.05, 0.1) is 36.7 Å². The highest BCUT2D eigenvalue weighted by molar-refractivity contribution is 14.1. The number of halogens is 1. The third-order valence-electron chi connectivity index (χ3n) is 4.37. The molecule has 0 N–H and O–H groups in total. The molecule has 1 aromatic rings. The van der Waals surface area contributed by atoms with Crippen LogP contribution in [0.4, 0.5) is 0 Å². The molecule has 0 amide bonds. The summed E-state index contributed by atoms with van der Waals surface area (Å²) in [6, 6.07) is 3.83. The topological polar surface area (TPSA) is 54.0 Å². The first-order valence-electron chi connectivity index (χ1n) is 9.80. The molecule has 0 aliphatic heterocycles. The smallest absolute Gasteiger partial charge is 0.335 e. The lowest BCUT2D eigenvalue weighted by Crippen LogP contribution is -2.12. The minimum absolute atomic E-state index is 0.165.